The van der Waals surface area contributed by atoms with E-state index in [9.17, 15) is 0 Å². The molecular weight excluding hydrogens is 439 g/mol. The highest BCUT2D eigenvalue weighted by molar-refractivity contribution is 14.0. The van der Waals surface area contributed by atoms with Crippen LogP contribution in [0.2, 0.25) is 0 Å². The Balaban J connectivity index is 0.00000243. The van der Waals surface area contributed by atoms with Crippen molar-refractivity contribution in [3.05, 3.63) is 42.1 Å². The molecule has 0 unspecified atom stereocenters. The van der Waals surface area contributed by atoms with Crippen LogP contribution in [0.15, 0.2) is 41.5 Å². The van der Waals surface area contributed by atoms with E-state index >= 15 is 0 Å². The zero-order valence-electron chi connectivity index (χ0n) is 15.6. The van der Waals surface area contributed by atoms with Crippen molar-refractivity contribution in [2.24, 2.45) is 4.99 Å². The van der Waals surface area contributed by atoms with Gasteiger partial charge < -0.3 is 15.0 Å². The summed E-state index contributed by atoms with van der Waals surface area (Å²) in [6, 6.07) is 10.4. The second-order valence-corrected chi connectivity index (χ2v) is 6.30. The highest BCUT2D eigenvalue weighted by Gasteiger charge is 2.21. The van der Waals surface area contributed by atoms with Crippen molar-refractivity contribution >= 4 is 40.8 Å². The lowest BCUT2D eigenvalue weighted by Crippen LogP contribution is -2.47. The maximum Gasteiger partial charge on any atom is 0.194 e. The number of para-hydroxylation sites is 1. The Kier molecular flexibility index (Phi) is 8.58. The molecule has 2 aromatic rings. The number of ether oxygens (including phenoxy) is 1. The van der Waals surface area contributed by atoms with Crippen LogP contribution < -0.4 is 5.32 Å². The molecule has 1 aliphatic rings. The minimum Gasteiger partial charge on any atom is -0.378 e. The van der Waals surface area contributed by atoms with Crippen LogP contribution in [0.3, 0.4) is 0 Å². The molecule has 3 rings (SSSR count). The average molecular weight is 468 g/mol. The van der Waals surface area contributed by atoms with Crippen LogP contribution in [0, 0.1) is 0 Å². The number of benzene rings is 1. The number of halogens is 1. The molecule has 5 nitrogen and oxygen atoms in total. The van der Waals surface area contributed by atoms with Gasteiger partial charge in [0.25, 0.3) is 0 Å². The zero-order chi connectivity index (χ0) is 17.5. The first-order chi connectivity index (χ1) is 12.3. The fourth-order valence-corrected chi connectivity index (χ4v) is 3.35. The second kappa shape index (κ2) is 10.7. The molecule has 1 N–H and O–H groups in total. The van der Waals surface area contributed by atoms with Crippen molar-refractivity contribution in [1.29, 1.82) is 0 Å². The van der Waals surface area contributed by atoms with Crippen molar-refractivity contribution in [2.75, 3.05) is 26.2 Å². The molecule has 0 atom stereocenters. The summed E-state index contributed by atoms with van der Waals surface area (Å²) in [5.41, 5.74) is 2.21. The third kappa shape index (κ3) is 5.30. The largest absolute Gasteiger partial charge is 0.378 e. The normalized spacial score (nSPS) is 15.8. The van der Waals surface area contributed by atoms with Gasteiger partial charge in [-0.05, 0) is 38.3 Å². The first kappa shape index (κ1) is 20.9. The van der Waals surface area contributed by atoms with Crippen LogP contribution in [-0.4, -0.2) is 48.2 Å². The summed E-state index contributed by atoms with van der Waals surface area (Å²) < 4.78 is 5.75. The molecular formula is C20H29IN4O. The van der Waals surface area contributed by atoms with Gasteiger partial charge in [0, 0.05) is 37.8 Å². The van der Waals surface area contributed by atoms with Crippen molar-refractivity contribution < 1.29 is 4.74 Å². The molecule has 0 bridgehead atoms. The van der Waals surface area contributed by atoms with Crippen molar-refractivity contribution in [1.82, 2.24) is 15.2 Å². The van der Waals surface area contributed by atoms with Gasteiger partial charge in [0.2, 0.25) is 0 Å². The van der Waals surface area contributed by atoms with E-state index < -0.39 is 0 Å². The fraction of sp³-hybridized carbons (Fsp3) is 0.500. The standard InChI is InChI=1S/C20H28N4O.HI/c1-3-21-20(24-13-10-18(11-14-24)25-4-2)23-15-17-8-5-7-16-9-6-12-22-19(16)17;/h5-9,12,18H,3-4,10-11,13-15H2,1-2H3,(H,21,23);1H. The highest BCUT2D eigenvalue weighted by Crippen LogP contribution is 2.18. The molecule has 0 spiro atoms. The van der Waals surface area contributed by atoms with Crippen LogP contribution in [0.1, 0.15) is 32.3 Å². The molecule has 1 aliphatic heterocycles. The van der Waals surface area contributed by atoms with Gasteiger partial charge in [0.1, 0.15) is 0 Å². The van der Waals surface area contributed by atoms with Gasteiger partial charge in [0.05, 0.1) is 18.2 Å². The van der Waals surface area contributed by atoms with E-state index in [1.807, 2.05) is 12.3 Å². The van der Waals surface area contributed by atoms with Gasteiger partial charge in [-0.15, -0.1) is 24.0 Å². The van der Waals surface area contributed by atoms with E-state index in [1.54, 1.807) is 0 Å². The number of hydrogen-bond acceptors (Lipinski definition) is 3. The molecule has 0 amide bonds. The van der Waals surface area contributed by atoms with Gasteiger partial charge in [0.15, 0.2) is 5.96 Å². The summed E-state index contributed by atoms with van der Waals surface area (Å²) in [4.78, 5) is 11.8. The molecule has 6 heteroatoms. The Morgan fingerprint density at radius 2 is 2.00 bits per heavy atom. The highest BCUT2D eigenvalue weighted by atomic mass is 127. The SMILES string of the molecule is CCNC(=NCc1cccc2cccnc12)N1CCC(OCC)CC1.I. The van der Waals surface area contributed by atoms with Crippen LogP contribution in [0.4, 0.5) is 0 Å². The van der Waals surface area contributed by atoms with E-state index in [1.165, 1.54) is 0 Å². The fourth-order valence-electron chi connectivity index (χ4n) is 3.35. The molecule has 0 radical (unpaired) electrons. The van der Waals surface area contributed by atoms with Crippen LogP contribution in [0.5, 0.6) is 0 Å². The number of hydrogen-bond donors (Lipinski definition) is 1. The zero-order valence-corrected chi connectivity index (χ0v) is 18.0. The van der Waals surface area contributed by atoms with Gasteiger partial charge >= 0.3 is 0 Å². The Bertz CT molecular complexity index is 709. The maximum atomic E-state index is 5.75. The Morgan fingerprint density at radius 3 is 2.73 bits per heavy atom. The minimum atomic E-state index is 0. The number of nitrogens with zero attached hydrogens (tertiary/aromatic N) is 3. The van der Waals surface area contributed by atoms with Crippen molar-refractivity contribution in [3.63, 3.8) is 0 Å². The Morgan fingerprint density at radius 1 is 1.23 bits per heavy atom. The maximum absolute atomic E-state index is 5.75. The third-order valence-electron chi connectivity index (χ3n) is 4.59. The molecule has 1 fully saturated rings. The van der Waals surface area contributed by atoms with Gasteiger partial charge in [-0.1, -0.05) is 24.3 Å². The molecule has 26 heavy (non-hydrogen) atoms. The first-order valence-corrected chi connectivity index (χ1v) is 9.29. The Hall–Kier alpha value is -1.41. The van der Waals surface area contributed by atoms with Crippen molar-refractivity contribution in [3.8, 4) is 0 Å². The van der Waals surface area contributed by atoms with Crippen LogP contribution in [0.25, 0.3) is 10.9 Å². The van der Waals surface area contributed by atoms with E-state index in [4.69, 9.17) is 9.73 Å². The second-order valence-electron chi connectivity index (χ2n) is 6.30. The summed E-state index contributed by atoms with van der Waals surface area (Å²) in [6.45, 7) is 8.47. The number of piperidine rings is 1. The van der Waals surface area contributed by atoms with E-state index in [0.29, 0.717) is 12.6 Å². The van der Waals surface area contributed by atoms with Crippen LogP contribution >= 0.6 is 24.0 Å². The number of aliphatic imine (C=N–C) groups is 1. The van der Waals surface area contributed by atoms with Gasteiger partial charge in [-0.2, -0.15) is 0 Å². The average Bonchev–Trinajstić information content (AvgIpc) is 2.66. The molecule has 0 saturated carbocycles. The summed E-state index contributed by atoms with van der Waals surface area (Å²) in [7, 11) is 0. The first-order valence-electron chi connectivity index (χ1n) is 9.29. The number of nitrogens with one attached hydrogen (secondary N) is 1. The molecule has 2 heterocycles. The lowest BCUT2D eigenvalue weighted by atomic mass is 10.1. The lowest BCUT2D eigenvalue weighted by molar-refractivity contribution is 0.0263. The van der Waals surface area contributed by atoms with Crippen LogP contribution in [-0.2, 0) is 11.3 Å². The van der Waals surface area contributed by atoms with Crippen molar-refractivity contribution in [2.45, 2.75) is 39.3 Å². The van der Waals surface area contributed by atoms with Gasteiger partial charge in [-0.3, -0.25) is 4.98 Å². The predicted molar refractivity (Wildman–Crippen MR) is 118 cm³/mol. The lowest BCUT2D eigenvalue weighted by Gasteiger charge is -2.34. The predicted octanol–water partition coefficient (Wildman–Crippen LogP) is 3.82. The van der Waals surface area contributed by atoms with E-state index in [2.05, 4.69) is 53.3 Å². The third-order valence-corrected chi connectivity index (χ3v) is 4.59. The number of aromatic nitrogens is 1. The smallest absolute Gasteiger partial charge is 0.194 e. The Labute approximate surface area is 173 Å². The number of guanidine groups is 1. The summed E-state index contributed by atoms with van der Waals surface area (Å²) >= 11 is 0. The van der Waals surface area contributed by atoms with E-state index in [-0.39, 0.29) is 24.0 Å². The van der Waals surface area contributed by atoms with E-state index in [0.717, 1.165) is 61.5 Å². The summed E-state index contributed by atoms with van der Waals surface area (Å²) in [5.74, 6) is 0.991. The summed E-state index contributed by atoms with van der Waals surface area (Å²) in [5, 5.41) is 4.60. The topological polar surface area (TPSA) is 49.8 Å². The minimum absolute atomic E-state index is 0. The molecule has 142 valence electrons. The molecule has 1 saturated heterocycles. The number of pyridine rings is 1. The van der Waals surface area contributed by atoms with Gasteiger partial charge in [-0.25, -0.2) is 4.99 Å². The number of fused-ring (bicyclic) bond motifs is 1. The number of rotatable bonds is 5. The number of likely N-dealkylation sites (tertiary alicyclic amines) is 1. The molecule has 1 aromatic carbocycles. The monoisotopic (exact) mass is 468 g/mol. The molecule has 1 aromatic heterocycles. The quantitative estimate of drug-likeness (QED) is 0.412. The summed E-state index contributed by atoms with van der Waals surface area (Å²) in [6.07, 6.45) is 4.37. The molecule has 0 aliphatic carbocycles.